The Kier molecular flexibility index (Phi) is 0.520. The zero-order valence-corrected chi connectivity index (χ0v) is 3.27. The number of aliphatic hydroxyl groups is 1. The van der Waals surface area contributed by atoms with Gasteiger partial charge >= 0.3 is 0 Å². The fourth-order valence-electron chi connectivity index (χ4n) is 0.220. The van der Waals surface area contributed by atoms with E-state index in [0.717, 1.165) is 0 Å². The van der Waals surface area contributed by atoms with Gasteiger partial charge in [-0.2, -0.15) is 0 Å². The fourth-order valence-corrected chi connectivity index (χ4v) is 0.220. The molecule has 0 aromatic heterocycles. The molecule has 0 aliphatic heterocycles. The van der Waals surface area contributed by atoms with Crippen molar-refractivity contribution in [1.82, 2.24) is 0 Å². The van der Waals surface area contributed by atoms with E-state index in [1.807, 2.05) is 0 Å². The Balaban J connectivity index is 2.47. The van der Waals surface area contributed by atoms with Crippen LogP contribution in [0.15, 0.2) is 0 Å². The molecule has 1 rings (SSSR count). The Morgan fingerprint density at radius 2 is 2.17 bits per heavy atom. The number of carbonyl (C=O) groups excluding carboxylic acids is 1. The van der Waals surface area contributed by atoms with Crippen LogP contribution < -0.4 is 0 Å². The van der Waals surface area contributed by atoms with Gasteiger partial charge in [0.05, 0.1) is 0 Å². The first-order valence-electron chi connectivity index (χ1n) is 1.88. The molecule has 1 fully saturated rings. The maximum atomic E-state index is 9.51. The van der Waals surface area contributed by atoms with Crippen LogP contribution in [0.5, 0.6) is 0 Å². The summed E-state index contributed by atoms with van der Waals surface area (Å²) in [5, 5.41) is 8.51. The topological polar surface area (TPSA) is 37.3 Å². The van der Waals surface area contributed by atoms with Crippen LogP contribution in [0.2, 0.25) is 0 Å². The minimum absolute atomic E-state index is 0.608. The Labute approximate surface area is 35.8 Å². The third kappa shape index (κ3) is 0.431. The number of hydrogen-bond acceptors (Lipinski definition) is 2. The van der Waals surface area contributed by atoms with Gasteiger partial charge in [-0.05, 0) is 12.8 Å². The molecule has 1 aliphatic rings. The maximum Gasteiger partial charge on any atom is 0.232 e. The van der Waals surface area contributed by atoms with Gasteiger partial charge in [0.1, 0.15) is 5.60 Å². The summed E-state index contributed by atoms with van der Waals surface area (Å²) in [6, 6.07) is 0. The van der Waals surface area contributed by atoms with Gasteiger partial charge in [0, 0.05) is 0 Å². The molecule has 0 spiro atoms. The van der Waals surface area contributed by atoms with Crippen LogP contribution in [0.25, 0.3) is 0 Å². The Morgan fingerprint density at radius 3 is 2.17 bits per heavy atom. The average Bonchev–Trinajstić information content (AvgIpc) is 2.22. The Hall–Kier alpha value is -0.370. The van der Waals surface area contributed by atoms with E-state index in [-0.39, 0.29) is 0 Å². The molecule has 0 bridgehead atoms. The molecule has 33 valence electrons. The van der Waals surface area contributed by atoms with Crippen molar-refractivity contribution < 1.29 is 9.90 Å². The SMILES string of the molecule is O=[C]C1(O)CC1. The van der Waals surface area contributed by atoms with E-state index in [1.165, 1.54) is 6.29 Å². The second-order valence-corrected chi connectivity index (χ2v) is 1.63. The van der Waals surface area contributed by atoms with Crippen molar-refractivity contribution in [2.75, 3.05) is 0 Å². The molecule has 2 nitrogen and oxygen atoms in total. The van der Waals surface area contributed by atoms with Gasteiger partial charge in [-0.3, -0.25) is 4.79 Å². The highest BCUT2D eigenvalue weighted by atomic mass is 16.3. The van der Waals surface area contributed by atoms with Crippen LogP contribution >= 0.6 is 0 Å². The smallest absolute Gasteiger partial charge is 0.232 e. The predicted molar refractivity (Wildman–Crippen MR) is 19.9 cm³/mol. The Morgan fingerprint density at radius 1 is 1.67 bits per heavy atom. The standard InChI is InChI=1S/C4H5O2/c5-3-4(6)1-2-4/h6H,1-2H2. The quantitative estimate of drug-likeness (QED) is 0.471. The molecule has 0 heterocycles. The Bertz CT molecular complexity index is 73.6. The van der Waals surface area contributed by atoms with Crippen molar-refractivity contribution >= 4 is 6.29 Å². The van der Waals surface area contributed by atoms with Crippen LogP contribution in [0.4, 0.5) is 0 Å². The molecule has 1 N–H and O–H groups in total. The molecule has 1 saturated carbocycles. The molecule has 0 atom stereocenters. The molecule has 6 heavy (non-hydrogen) atoms. The zero-order valence-electron chi connectivity index (χ0n) is 3.27. The summed E-state index contributed by atoms with van der Waals surface area (Å²) in [6.07, 6.45) is 2.74. The molecule has 1 radical (unpaired) electrons. The number of hydrogen-bond donors (Lipinski definition) is 1. The van der Waals surface area contributed by atoms with Crippen LogP contribution in [0.3, 0.4) is 0 Å². The summed E-state index contributed by atoms with van der Waals surface area (Å²) in [4.78, 5) is 9.51. The second-order valence-electron chi connectivity index (χ2n) is 1.63. The summed E-state index contributed by atoms with van der Waals surface area (Å²) >= 11 is 0. The van der Waals surface area contributed by atoms with Crippen molar-refractivity contribution in [3.8, 4) is 0 Å². The van der Waals surface area contributed by atoms with Gasteiger partial charge in [-0.15, -0.1) is 0 Å². The van der Waals surface area contributed by atoms with Crippen LogP contribution in [-0.2, 0) is 4.79 Å². The van der Waals surface area contributed by atoms with Gasteiger partial charge in [0.15, 0.2) is 0 Å². The van der Waals surface area contributed by atoms with E-state index in [9.17, 15) is 4.79 Å². The van der Waals surface area contributed by atoms with E-state index in [4.69, 9.17) is 5.11 Å². The minimum Gasteiger partial charge on any atom is -0.382 e. The fraction of sp³-hybridized carbons (Fsp3) is 0.750. The van der Waals surface area contributed by atoms with Gasteiger partial charge in [0.25, 0.3) is 0 Å². The van der Waals surface area contributed by atoms with Crippen LogP contribution in [0, 0.1) is 0 Å². The monoisotopic (exact) mass is 85.0 g/mol. The minimum atomic E-state index is -1.01. The molecule has 0 aromatic carbocycles. The van der Waals surface area contributed by atoms with Crippen molar-refractivity contribution in [2.24, 2.45) is 0 Å². The molecule has 1 aliphatic carbocycles. The summed E-state index contributed by atoms with van der Waals surface area (Å²) < 4.78 is 0. The highest BCUT2D eigenvalue weighted by molar-refractivity contribution is 5.66. The summed E-state index contributed by atoms with van der Waals surface area (Å²) in [5.41, 5.74) is -1.01. The molecular weight excluding hydrogens is 80.0 g/mol. The highest BCUT2D eigenvalue weighted by Crippen LogP contribution is 2.31. The normalized spacial score (nSPS) is 26.2. The largest absolute Gasteiger partial charge is 0.382 e. The molecule has 2 heteroatoms. The predicted octanol–water partition coefficient (Wildman–Crippen LogP) is -0.379. The van der Waals surface area contributed by atoms with E-state index < -0.39 is 5.60 Å². The summed E-state index contributed by atoms with van der Waals surface area (Å²) in [6.45, 7) is 0. The van der Waals surface area contributed by atoms with Gasteiger partial charge in [0.2, 0.25) is 6.29 Å². The summed E-state index contributed by atoms with van der Waals surface area (Å²) in [7, 11) is 0. The van der Waals surface area contributed by atoms with Crippen LogP contribution in [-0.4, -0.2) is 17.0 Å². The molecule has 0 unspecified atom stereocenters. The zero-order chi connectivity index (χ0) is 4.62. The summed E-state index contributed by atoms with van der Waals surface area (Å²) in [5.74, 6) is 0. The average molecular weight is 85.1 g/mol. The lowest BCUT2D eigenvalue weighted by Crippen LogP contribution is -2.05. The van der Waals surface area contributed by atoms with Gasteiger partial charge in [-0.25, -0.2) is 0 Å². The lowest BCUT2D eigenvalue weighted by molar-refractivity contribution is 0.215. The molecule has 0 saturated heterocycles. The van der Waals surface area contributed by atoms with E-state index in [1.54, 1.807) is 0 Å². The van der Waals surface area contributed by atoms with Crippen molar-refractivity contribution in [3.05, 3.63) is 0 Å². The van der Waals surface area contributed by atoms with E-state index >= 15 is 0 Å². The molecular formula is C4H5O2. The lowest BCUT2D eigenvalue weighted by atomic mass is 10.4. The second kappa shape index (κ2) is 0.819. The van der Waals surface area contributed by atoms with E-state index in [0.29, 0.717) is 12.8 Å². The third-order valence-electron chi connectivity index (χ3n) is 0.914. The van der Waals surface area contributed by atoms with Crippen LogP contribution in [0.1, 0.15) is 12.8 Å². The molecule has 0 aromatic rings. The van der Waals surface area contributed by atoms with E-state index in [2.05, 4.69) is 0 Å². The first kappa shape index (κ1) is 3.81. The van der Waals surface area contributed by atoms with Crippen molar-refractivity contribution in [2.45, 2.75) is 18.4 Å². The first-order valence-corrected chi connectivity index (χ1v) is 1.88. The van der Waals surface area contributed by atoms with Crippen molar-refractivity contribution in [1.29, 1.82) is 0 Å². The van der Waals surface area contributed by atoms with Crippen molar-refractivity contribution in [3.63, 3.8) is 0 Å². The lowest BCUT2D eigenvalue weighted by Gasteiger charge is -1.84. The molecule has 0 amide bonds. The maximum absolute atomic E-state index is 9.51. The number of rotatable bonds is 1. The first-order chi connectivity index (χ1) is 2.77. The van der Waals surface area contributed by atoms with Gasteiger partial charge < -0.3 is 5.11 Å². The highest BCUT2D eigenvalue weighted by Gasteiger charge is 2.41. The third-order valence-corrected chi connectivity index (χ3v) is 0.914. The van der Waals surface area contributed by atoms with Gasteiger partial charge in [-0.1, -0.05) is 0 Å².